The minimum Gasteiger partial charge on any atom is -0.397 e. The lowest BCUT2D eigenvalue weighted by atomic mass is 10.0. The van der Waals surface area contributed by atoms with E-state index in [1.165, 1.54) is 23.8 Å². The summed E-state index contributed by atoms with van der Waals surface area (Å²) in [7, 11) is 0. The maximum atomic E-state index is 12.9. The molecule has 2 aromatic rings. The van der Waals surface area contributed by atoms with Gasteiger partial charge >= 0.3 is 0 Å². The molecule has 0 fully saturated rings. The number of nitrogen functional groups attached to an aromatic ring is 1. The third-order valence-electron chi connectivity index (χ3n) is 3.22. The van der Waals surface area contributed by atoms with Crippen LogP contribution in [0, 0.1) is 19.7 Å². The summed E-state index contributed by atoms with van der Waals surface area (Å²) in [5.74, 6) is -0.596. The van der Waals surface area contributed by atoms with Gasteiger partial charge in [-0.15, -0.1) is 0 Å². The summed E-state index contributed by atoms with van der Waals surface area (Å²) in [5.41, 5.74) is 9.58. The minimum absolute atomic E-state index is 0.174. The molecular weight excluding hydrogens is 255 g/mol. The van der Waals surface area contributed by atoms with Crippen LogP contribution in [0.5, 0.6) is 0 Å². The van der Waals surface area contributed by atoms with Crippen LogP contribution in [0.4, 0.5) is 15.8 Å². The summed E-state index contributed by atoms with van der Waals surface area (Å²) in [4.78, 5) is 12.0. The lowest BCUT2D eigenvalue weighted by Gasteiger charge is -2.09. The summed E-state index contributed by atoms with van der Waals surface area (Å²) >= 11 is 0. The molecule has 3 N–H and O–H groups in total. The second-order valence-corrected chi connectivity index (χ2v) is 4.88. The number of carbonyl (C=O) groups excluding carboxylic acids is 1. The molecule has 0 aliphatic heterocycles. The summed E-state index contributed by atoms with van der Waals surface area (Å²) < 4.78 is 12.9. The van der Waals surface area contributed by atoms with Gasteiger partial charge in [-0.1, -0.05) is 18.2 Å². The molecule has 0 spiro atoms. The van der Waals surface area contributed by atoms with E-state index in [4.69, 9.17) is 5.73 Å². The van der Waals surface area contributed by atoms with Crippen LogP contribution in [0.3, 0.4) is 0 Å². The van der Waals surface area contributed by atoms with Crippen molar-refractivity contribution < 1.29 is 9.18 Å². The van der Waals surface area contributed by atoms with Gasteiger partial charge in [-0.05, 0) is 48.7 Å². The number of hydrogen-bond acceptors (Lipinski definition) is 2. The van der Waals surface area contributed by atoms with Crippen molar-refractivity contribution in [1.82, 2.24) is 0 Å². The lowest BCUT2D eigenvalue weighted by Crippen LogP contribution is -2.15. The molecule has 0 saturated heterocycles. The van der Waals surface area contributed by atoms with E-state index >= 15 is 0 Å². The number of carbonyl (C=O) groups is 1. The zero-order valence-corrected chi connectivity index (χ0v) is 11.5. The molecule has 2 aromatic carbocycles. The van der Waals surface area contributed by atoms with Crippen LogP contribution in [0.25, 0.3) is 0 Å². The molecule has 3 nitrogen and oxygen atoms in total. The van der Waals surface area contributed by atoms with Gasteiger partial charge in [0.1, 0.15) is 5.82 Å². The summed E-state index contributed by atoms with van der Waals surface area (Å²) in [6, 6.07) is 9.82. The van der Waals surface area contributed by atoms with E-state index in [1.54, 1.807) is 0 Å². The van der Waals surface area contributed by atoms with Crippen molar-refractivity contribution in [3.05, 3.63) is 58.9 Å². The van der Waals surface area contributed by atoms with E-state index in [0.29, 0.717) is 5.69 Å². The molecule has 0 saturated carbocycles. The fourth-order valence-corrected chi connectivity index (χ4v) is 1.94. The van der Waals surface area contributed by atoms with Crippen LogP contribution >= 0.6 is 0 Å². The average Bonchev–Trinajstić information content (AvgIpc) is 2.37. The van der Waals surface area contributed by atoms with Crippen molar-refractivity contribution >= 4 is 17.3 Å². The van der Waals surface area contributed by atoms with E-state index < -0.39 is 5.82 Å². The predicted octanol–water partition coefficient (Wildman–Crippen LogP) is 3.21. The number of benzene rings is 2. The fourth-order valence-electron chi connectivity index (χ4n) is 1.94. The third kappa shape index (κ3) is 3.35. The average molecular weight is 272 g/mol. The van der Waals surface area contributed by atoms with Gasteiger partial charge in [0.05, 0.1) is 17.8 Å². The van der Waals surface area contributed by atoms with E-state index in [9.17, 15) is 9.18 Å². The Morgan fingerprint density at radius 1 is 1.15 bits per heavy atom. The number of halogens is 1. The van der Waals surface area contributed by atoms with Crippen LogP contribution in [0.2, 0.25) is 0 Å². The molecule has 0 unspecified atom stereocenters. The first-order valence-corrected chi connectivity index (χ1v) is 6.36. The highest BCUT2D eigenvalue weighted by atomic mass is 19.1. The number of anilines is 2. The highest BCUT2D eigenvalue weighted by molar-refractivity contribution is 5.95. The topological polar surface area (TPSA) is 55.1 Å². The van der Waals surface area contributed by atoms with Crippen molar-refractivity contribution in [3.8, 4) is 0 Å². The van der Waals surface area contributed by atoms with Gasteiger partial charge in [-0.25, -0.2) is 4.39 Å². The molecule has 2 rings (SSSR count). The largest absolute Gasteiger partial charge is 0.397 e. The van der Waals surface area contributed by atoms with Gasteiger partial charge in [-0.2, -0.15) is 0 Å². The number of rotatable bonds is 3. The Morgan fingerprint density at radius 3 is 2.55 bits per heavy atom. The first kappa shape index (κ1) is 14.1. The molecular formula is C16H17FN2O. The van der Waals surface area contributed by atoms with Crippen LogP contribution in [0.1, 0.15) is 16.7 Å². The molecule has 0 heterocycles. The van der Waals surface area contributed by atoms with Crippen LogP contribution in [0.15, 0.2) is 36.4 Å². The molecule has 1 amide bonds. The second-order valence-electron chi connectivity index (χ2n) is 4.88. The van der Waals surface area contributed by atoms with Crippen molar-refractivity contribution in [1.29, 1.82) is 0 Å². The number of hydrogen-bond donors (Lipinski definition) is 2. The molecule has 0 radical (unpaired) electrons. The molecule has 4 heteroatoms. The predicted molar refractivity (Wildman–Crippen MR) is 79.1 cm³/mol. The van der Waals surface area contributed by atoms with Crippen molar-refractivity contribution in [2.24, 2.45) is 0 Å². The maximum absolute atomic E-state index is 12.9. The Kier molecular flexibility index (Phi) is 4.03. The van der Waals surface area contributed by atoms with Gasteiger partial charge in [0, 0.05) is 0 Å². The first-order valence-electron chi connectivity index (χ1n) is 6.36. The SMILES string of the molecule is Cc1ccc(CC(=O)Nc2ccc(F)cc2N)cc1C. The standard InChI is InChI=1S/C16H17FN2O/c1-10-3-4-12(7-11(10)2)8-16(20)19-15-6-5-13(17)9-14(15)18/h3-7,9H,8,18H2,1-2H3,(H,19,20). The van der Waals surface area contributed by atoms with E-state index in [2.05, 4.69) is 5.32 Å². The molecule has 0 aliphatic rings. The summed E-state index contributed by atoms with van der Waals surface area (Å²) in [6.45, 7) is 4.03. The molecule has 0 aliphatic carbocycles. The van der Waals surface area contributed by atoms with Crippen LogP contribution in [-0.4, -0.2) is 5.91 Å². The van der Waals surface area contributed by atoms with E-state index in [1.807, 2.05) is 32.0 Å². The summed E-state index contributed by atoms with van der Waals surface area (Å²) in [6.07, 6.45) is 0.262. The molecule has 0 atom stereocenters. The molecule has 0 bridgehead atoms. The highest BCUT2D eigenvalue weighted by Gasteiger charge is 2.07. The Bertz CT molecular complexity index is 653. The van der Waals surface area contributed by atoms with Crippen LogP contribution in [-0.2, 0) is 11.2 Å². The molecule has 20 heavy (non-hydrogen) atoms. The number of amides is 1. The Labute approximate surface area is 117 Å². The number of nitrogens with one attached hydrogen (secondary N) is 1. The first-order chi connectivity index (χ1) is 9.45. The number of nitrogens with two attached hydrogens (primary N) is 1. The number of aryl methyl sites for hydroxylation is 2. The Balaban J connectivity index is 2.07. The van der Waals surface area contributed by atoms with E-state index in [-0.39, 0.29) is 18.0 Å². The second kappa shape index (κ2) is 5.74. The molecule has 104 valence electrons. The Morgan fingerprint density at radius 2 is 1.90 bits per heavy atom. The van der Waals surface area contributed by atoms with Crippen molar-refractivity contribution in [3.63, 3.8) is 0 Å². The third-order valence-corrected chi connectivity index (χ3v) is 3.22. The van der Waals surface area contributed by atoms with Crippen molar-refractivity contribution in [2.45, 2.75) is 20.3 Å². The van der Waals surface area contributed by atoms with Crippen molar-refractivity contribution in [2.75, 3.05) is 11.1 Å². The lowest BCUT2D eigenvalue weighted by molar-refractivity contribution is -0.115. The van der Waals surface area contributed by atoms with Crippen LogP contribution < -0.4 is 11.1 Å². The van der Waals surface area contributed by atoms with Gasteiger partial charge < -0.3 is 11.1 Å². The fraction of sp³-hybridized carbons (Fsp3) is 0.188. The van der Waals surface area contributed by atoms with Gasteiger partial charge in [0.2, 0.25) is 5.91 Å². The minimum atomic E-state index is -0.422. The van der Waals surface area contributed by atoms with Gasteiger partial charge in [-0.3, -0.25) is 4.79 Å². The van der Waals surface area contributed by atoms with Gasteiger partial charge in [0.25, 0.3) is 0 Å². The zero-order valence-electron chi connectivity index (χ0n) is 11.5. The Hall–Kier alpha value is -2.36. The highest BCUT2D eigenvalue weighted by Crippen LogP contribution is 2.19. The summed E-state index contributed by atoms with van der Waals surface area (Å²) in [5, 5.41) is 2.69. The zero-order chi connectivity index (χ0) is 14.7. The normalized spacial score (nSPS) is 10.3. The van der Waals surface area contributed by atoms with Gasteiger partial charge in [0.15, 0.2) is 0 Å². The van der Waals surface area contributed by atoms with E-state index in [0.717, 1.165) is 11.1 Å². The smallest absolute Gasteiger partial charge is 0.228 e. The molecule has 0 aromatic heterocycles. The quantitative estimate of drug-likeness (QED) is 0.843. The monoisotopic (exact) mass is 272 g/mol. The maximum Gasteiger partial charge on any atom is 0.228 e.